The Kier molecular flexibility index (Phi) is 2.37. The fourth-order valence-corrected chi connectivity index (χ4v) is 0.914. The van der Waals surface area contributed by atoms with Crippen LogP contribution in [-0.4, -0.2) is 37.0 Å². The van der Waals surface area contributed by atoms with Crippen molar-refractivity contribution < 1.29 is 19.4 Å². The molecule has 1 aliphatic rings. The molecular weight excluding hydrogens is 136 g/mol. The molecule has 0 saturated carbocycles. The zero-order valence-corrected chi connectivity index (χ0v) is 5.74. The van der Waals surface area contributed by atoms with E-state index in [-0.39, 0.29) is 24.9 Å². The highest BCUT2D eigenvalue weighted by Gasteiger charge is 2.32. The Morgan fingerprint density at radius 2 is 2.60 bits per heavy atom. The number of hydrogen-bond donors (Lipinski definition) is 1. The zero-order valence-electron chi connectivity index (χ0n) is 5.74. The molecule has 1 N–H and O–H groups in total. The lowest BCUT2D eigenvalue weighted by Gasteiger charge is -2.06. The van der Waals surface area contributed by atoms with Crippen LogP contribution in [0.5, 0.6) is 0 Å². The van der Waals surface area contributed by atoms with Gasteiger partial charge in [-0.25, -0.2) is 0 Å². The minimum atomic E-state index is -0.753. The van der Waals surface area contributed by atoms with E-state index in [1.165, 1.54) is 7.11 Å². The van der Waals surface area contributed by atoms with Gasteiger partial charge in [-0.2, -0.15) is 0 Å². The maximum absolute atomic E-state index is 10.8. The summed E-state index contributed by atoms with van der Waals surface area (Å²) in [5.41, 5.74) is 0. The molecule has 1 rings (SSSR count). The van der Waals surface area contributed by atoms with Crippen molar-refractivity contribution in [3.8, 4) is 0 Å². The van der Waals surface area contributed by atoms with Crippen molar-refractivity contribution in [1.29, 1.82) is 0 Å². The van der Waals surface area contributed by atoms with E-state index in [9.17, 15) is 4.79 Å². The van der Waals surface area contributed by atoms with Gasteiger partial charge in [0.05, 0.1) is 12.7 Å². The van der Waals surface area contributed by atoms with Crippen molar-refractivity contribution in [2.24, 2.45) is 0 Å². The summed E-state index contributed by atoms with van der Waals surface area (Å²) in [6.07, 6.45) is -0.857. The van der Waals surface area contributed by atoms with Gasteiger partial charge in [-0.05, 0) is 0 Å². The molecule has 1 fully saturated rings. The van der Waals surface area contributed by atoms with Crippen LogP contribution in [0.1, 0.15) is 6.42 Å². The standard InChI is InChI=1S/C6H10O4/c1-9-6-5(8)2-4(3-7)10-6/h4,6-7H,2-3H2,1H3/t4-,6+/m0/s1. The lowest BCUT2D eigenvalue weighted by molar-refractivity contribution is -0.152. The first-order chi connectivity index (χ1) is 4.77. The molecule has 0 aromatic rings. The van der Waals surface area contributed by atoms with Crippen LogP contribution in [0.3, 0.4) is 0 Å². The predicted molar refractivity (Wildman–Crippen MR) is 32.4 cm³/mol. The fraction of sp³-hybridized carbons (Fsp3) is 0.833. The molecule has 0 aliphatic carbocycles. The summed E-state index contributed by atoms with van der Waals surface area (Å²) in [5.74, 6) is -0.0958. The van der Waals surface area contributed by atoms with E-state index in [4.69, 9.17) is 9.84 Å². The Balaban J connectivity index is 2.44. The highest BCUT2D eigenvalue weighted by molar-refractivity contribution is 5.83. The Morgan fingerprint density at radius 3 is 2.90 bits per heavy atom. The first kappa shape index (κ1) is 7.65. The summed E-state index contributed by atoms with van der Waals surface area (Å²) in [5, 5.41) is 8.56. The van der Waals surface area contributed by atoms with Gasteiger partial charge in [0, 0.05) is 13.5 Å². The molecule has 1 heterocycles. The van der Waals surface area contributed by atoms with Crippen LogP contribution in [0.2, 0.25) is 0 Å². The van der Waals surface area contributed by atoms with Crippen LogP contribution in [-0.2, 0) is 14.3 Å². The predicted octanol–water partition coefficient (Wildman–Crippen LogP) is -0.691. The molecule has 0 aromatic heterocycles. The molecule has 0 spiro atoms. The normalized spacial score (nSPS) is 33.2. The van der Waals surface area contributed by atoms with Crippen molar-refractivity contribution in [3.05, 3.63) is 0 Å². The molecule has 0 aromatic carbocycles. The number of aliphatic hydroxyl groups is 1. The Morgan fingerprint density at radius 1 is 1.90 bits per heavy atom. The zero-order chi connectivity index (χ0) is 7.56. The average Bonchev–Trinajstić information content (AvgIpc) is 2.30. The summed E-state index contributed by atoms with van der Waals surface area (Å²) in [4.78, 5) is 10.8. The van der Waals surface area contributed by atoms with Crippen LogP contribution in [0.4, 0.5) is 0 Å². The number of ether oxygens (including phenoxy) is 2. The number of carbonyl (C=O) groups excluding carboxylic acids is 1. The highest BCUT2D eigenvalue weighted by atomic mass is 16.7. The third kappa shape index (κ3) is 1.34. The second kappa shape index (κ2) is 3.09. The maximum atomic E-state index is 10.8. The van der Waals surface area contributed by atoms with Crippen LogP contribution in [0.25, 0.3) is 0 Å². The molecule has 1 saturated heterocycles. The largest absolute Gasteiger partial charge is 0.394 e. The van der Waals surface area contributed by atoms with Crippen molar-refractivity contribution in [1.82, 2.24) is 0 Å². The Hall–Kier alpha value is -0.450. The van der Waals surface area contributed by atoms with Gasteiger partial charge in [-0.1, -0.05) is 0 Å². The molecular formula is C6H10O4. The molecule has 0 amide bonds. The smallest absolute Gasteiger partial charge is 0.217 e. The van der Waals surface area contributed by atoms with E-state index in [0.717, 1.165) is 0 Å². The molecule has 0 unspecified atom stereocenters. The van der Waals surface area contributed by atoms with Gasteiger partial charge in [0.2, 0.25) is 6.29 Å². The van der Waals surface area contributed by atoms with E-state index >= 15 is 0 Å². The summed E-state index contributed by atoms with van der Waals surface area (Å²) in [6.45, 7) is -0.119. The maximum Gasteiger partial charge on any atom is 0.217 e. The van der Waals surface area contributed by atoms with Gasteiger partial charge in [0.25, 0.3) is 0 Å². The van der Waals surface area contributed by atoms with Crippen molar-refractivity contribution in [3.63, 3.8) is 0 Å². The van der Waals surface area contributed by atoms with E-state index < -0.39 is 6.29 Å². The molecule has 10 heavy (non-hydrogen) atoms. The molecule has 4 heteroatoms. The number of carbonyl (C=O) groups is 1. The summed E-state index contributed by atoms with van der Waals surface area (Å²) >= 11 is 0. The van der Waals surface area contributed by atoms with Crippen LogP contribution >= 0.6 is 0 Å². The van der Waals surface area contributed by atoms with Crippen molar-refractivity contribution >= 4 is 5.78 Å². The highest BCUT2D eigenvalue weighted by Crippen LogP contribution is 2.15. The van der Waals surface area contributed by atoms with Crippen molar-refractivity contribution in [2.75, 3.05) is 13.7 Å². The second-order valence-corrected chi connectivity index (χ2v) is 2.18. The number of methoxy groups -OCH3 is 1. The first-order valence-corrected chi connectivity index (χ1v) is 3.09. The molecule has 1 aliphatic heterocycles. The Labute approximate surface area is 58.7 Å². The van der Waals surface area contributed by atoms with E-state index in [1.54, 1.807) is 0 Å². The summed E-state index contributed by atoms with van der Waals surface area (Å²) in [7, 11) is 1.41. The first-order valence-electron chi connectivity index (χ1n) is 3.09. The topological polar surface area (TPSA) is 55.8 Å². The molecule has 2 atom stereocenters. The second-order valence-electron chi connectivity index (χ2n) is 2.18. The van der Waals surface area contributed by atoms with Gasteiger partial charge >= 0.3 is 0 Å². The van der Waals surface area contributed by atoms with E-state index in [0.29, 0.717) is 0 Å². The summed E-state index contributed by atoms with van der Waals surface area (Å²) < 4.78 is 9.62. The van der Waals surface area contributed by atoms with E-state index in [1.807, 2.05) is 0 Å². The number of ketones is 1. The van der Waals surface area contributed by atoms with Crippen molar-refractivity contribution in [2.45, 2.75) is 18.8 Å². The SMILES string of the molecule is CO[C@@H]1O[C@H](CO)CC1=O. The monoisotopic (exact) mass is 146 g/mol. The number of hydrogen-bond acceptors (Lipinski definition) is 4. The average molecular weight is 146 g/mol. The van der Waals surface area contributed by atoms with Crippen LogP contribution in [0, 0.1) is 0 Å². The minimum Gasteiger partial charge on any atom is -0.394 e. The Bertz CT molecular complexity index is 134. The number of aliphatic hydroxyl groups excluding tert-OH is 1. The number of rotatable bonds is 2. The number of Topliss-reactive ketones (excluding diaryl/α,β-unsaturated/α-hetero) is 1. The molecule has 0 bridgehead atoms. The lowest BCUT2D eigenvalue weighted by atomic mass is 10.2. The lowest BCUT2D eigenvalue weighted by Crippen LogP contribution is -2.18. The minimum absolute atomic E-state index is 0.0958. The molecule has 0 radical (unpaired) electrons. The van der Waals surface area contributed by atoms with Gasteiger partial charge in [0.15, 0.2) is 5.78 Å². The summed E-state index contributed by atoms with van der Waals surface area (Å²) in [6, 6.07) is 0. The quantitative estimate of drug-likeness (QED) is 0.560. The van der Waals surface area contributed by atoms with Crippen LogP contribution in [0.15, 0.2) is 0 Å². The molecule has 58 valence electrons. The third-order valence-corrected chi connectivity index (χ3v) is 1.43. The van der Waals surface area contributed by atoms with Gasteiger partial charge < -0.3 is 14.6 Å². The fourth-order valence-electron chi connectivity index (χ4n) is 0.914. The molecule has 4 nitrogen and oxygen atoms in total. The van der Waals surface area contributed by atoms with Gasteiger partial charge in [0.1, 0.15) is 0 Å². The third-order valence-electron chi connectivity index (χ3n) is 1.43. The van der Waals surface area contributed by atoms with Gasteiger partial charge in [-0.3, -0.25) is 4.79 Å². The van der Waals surface area contributed by atoms with Gasteiger partial charge in [-0.15, -0.1) is 0 Å². The van der Waals surface area contributed by atoms with Crippen LogP contribution < -0.4 is 0 Å². The van der Waals surface area contributed by atoms with E-state index in [2.05, 4.69) is 4.74 Å².